The summed E-state index contributed by atoms with van der Waals surface area (Å²) in [7, 11) is 0. The number of carbonyl (C=O) groups is 2. The molecule has 0 aromatic heterocycles. The molecule has 0 saturated carbocycles. The third kappa shape index (κ3) is 6.40. The number of amides is 2. The number of imide groups is 1. The van der Waals surface area contributed by atoms with Gasteiger partial charge in [-0.3, -0.25) is 14.9 Å². The summed E-state index contributed by atoms with van der Waals surface area (Å²) in [6, 6.07) is 10.4. The van der Waals surface area contributed by atoms with Gasteiger partial charge in [0.25, 0.3) is 11.1 Å². The number of benzene rings is 2. The Hall–Kier alpha value is -2.19. The zero-order chi connectivity index (χ0) is 22.4. The lowest BCUT2D eigenvalue weighted by molar-refractivity contribution is -0.115. The van der Waals surface area contributed by atoms with Crippen molar-refractivity contribution >= 4 is 52.2 Å². The maximum Gasteiger partial charge on any atom is 0.290 e. The highest BCUT2D eigenvalue weighted by atomic mass is 35.5. The Morgan fingerprint density at radius 3 is 2.65 bits per heavy atom. The van der Waals surface area contributed by atoms with Crippen LogP contribution in [-0.4, -0.2) is 35.6 Å². The van der Waals surface area contributed by atoms with E-state index in [0.717, 1.165) is 23.7 Å². The number of nitrogens with one attached hydrogen (secondary N) is 1. The van der Waals surface area contributed by atoms with Gasteiger partial charge in [0.2, 0.25) is 0 Å². The molecule has 1 aliphatic rings. The molecule has 164 valence electrons. The zero-order valence-electron chi connectivity index (χ0n) is 16.7. The normalized spacial score (nSPS) is 15.8. The quantitative estimate of drug-likeness (QED) is 0.485. The van der Waals surface area contributed by atoms with Gasteiger partial charge in [0.15, 0.2) is 0 Å². The second-order valence-corrected chi connectivity index (χ2v) is 8.59. The fraction of sp³-hybridized carbons (Fsp3) is 0.273. The van der Waals surface area contributed by atoms with Crippen LogP contribution in [0.2, 0.25) is 10.0 Å². The first-order chi connectivity index (χ1) is 14.9. The van der Waals surface area contributed by atoms with Gasteiger partial charge in [-0.05, 0) is 54.1 Å². The topological polar surface area (TPSA) is 84.9 Å². The number of halogens is 2. The average Bonchev–Trinajstić information content (AvgIpc) is 3.06. The van der Waals surface area contributed by atoms with Crippen LogP contribution in [0.5, 0.6) is 11.5 Å². The largest absolute Gasteiger partial charge is 0.491 e. The Labute approximate surface area is 194 Å². The minimum absolute atomic E-state index is 0.0121. The predicted molar refractivity (Wildman–Crippen MR) is 123 cm³/mol. The summed E-state index contributed by atoms with van der Waals surface area (Å²) in [5.74, 6) is 0.689. The number of hydrogen-bond donors (Lipinski definition) is 2. The number of aliphatic hydroxyl groups excluding tert-OH is 1. The highest BCUT2D eigenvalue weighted by Gasteiger charge is 2.24. The molecule has 1 aliphatic heterocycles. The van der Waals surface area contributed by atoms with Crippen molar-refractivity contribution < 1.29 is 24.2 Å². The smallest absolute Gasteiger partial charge is 0.290 e. The monoisotopic (exact) mass is 481 g/mol. The summed E-state index contributed by atoms with van der Waals surface area (Å²) >= 11 is 13.2. The molecule has 1 unspecified atom stereocenters. The van der Waals surface area contributed by atoms with Gasteiger partial charge in [-0.1, -0.05) is 48.7 Å². The Kier molecular flexibility index (Phi) is 8.26. The number of carbonyl (C=O) groups excluding carboxylic acids is 2. The molecule has 1 heterocycles. The zero-order valence-corrected chi connectivity index (χ0v) is 19.0. The highest BCUT2D eigenvalue weighted by molar-refractivity contribution is 8.18. The second-order valence-electron chi connectivity index (χ2n) is 6.79. The average molecular weight is 482 g/mol. The number of hydrogen-bond acceptors (Lipinski definition) is 6. The molecule has 2 N–H and O–H groups in total. The molecule has 0 radical (unpaired) electrons. The number of aliphatic hydroxyl groups is 1. The third-order valence-electron chi connectivity index (χ3n) is 4.32. The van der Waals surface area contributed by atoms with Crippen molar-refractivity contribution in [2.75, 3.05) is 13.2 Å². The maximum absolute atomic E-state index is 11.7. The predicted octanol–water partition coefficient (Wildman–Crippen LogP) is 5.09. The molecule has 1 atom stereocenters. The van der Waals surface area contributed by atoms with Crippen LogP contribution in [-0.2, 0) is 11.2 Å². The first-order valence-corrected chi connectivity index (χ1v) is 11.2. The lowest BCUT2D eigenvalue weighted by Gasteiger charge is -2.17. The summed E-state index contributed by atoms with van der Waals surface area (Å²) in [6.07, 6.45) is 2.32. The standard InChI is InChI=1S/C22H21Cl2NO5S/c1-2-4-16-18(8-7-17(23)20(16)24)30-12-14(26)11-29-15-6-3-5-13(9-15)10-19-21(27)25-22(28)31-19/h3,5-10,14,26H,2,4,11-12H2,1H3,(H,25,27,28). The molecule has 1 saturated heterocycles. The van der Waals surface area contributed by atoms with Gasteiger partial charge in [-0.25, -0.2) is 0 Å². The van der Waals surface area contributed by atoms with Crippen molar-refractivity contribution in [2.24, 2.45) is 0 Å². The Morgan fingerprint density at radius 2 is 1.94 bits per heavy atom. The molecule has 31 heavy (non-hydrogen) atoms. The Balaban J connectivity index is 1.57. The van der Waals surface area contributed by atoms with Crippen molar-refractivity contribution in [2.45, 2.75) is 25.9 Å². The summed E-state index contributed by atoms with van der Waals surface area (Å²) in [5.41, 5.74) is 1.52. The van der Waals surface area contributed by atoms with Crippen LogP contribution < -0.4 is 14.8 Å². The van der Waals surface area contributed by atoms with Crippen molar-refractivity contribution in [3.05, 3.63) is 62.5 Å². The van der Waals surface area contributed by atoms with Gasteiger partial charge in [-0.2, -0.15) is 0 Å². The van der Waals surface area contributed by atoms with Crippen molar-refractivity contribution in [1.29, 1.82) is 0 Å². The van der Waals surface area contributed by atoms with Crippen LogP contribution in [0.15, 0.2) is 41.3 Å². The Morgan fingerprint density at radius 1 is 1.16 bits per heavy atom. The lowest BCUT2D eigenvalue weighted by atomic mass is 10.1. The van der Waals surface area contributed by atoms with E-state index in [1.165, 1.54) is 0 Å². The van der Waals surface area contributed by atoms with E-state index >= 15 is 0 Å². The summed E-state index contributed by atoms with van der Waals surface area (Å²) in [5, 5.41) is 13.0. The lowest BCUT2D eigenvalue weighted by Crippen LogP contribution is -2.25. The molecule has 0 spiro atoms. The van der Waals surface area contributed by atoms with Crippen LogP contribution >= 0.6 is 35.0 Å². The summed E-state index contributed by atoms with van der Waals surface area (Å²) < 4.78 is 11.4. The maximum atomic E-state index is 11.7. The van der Waals surface area contributed by atoms with Gasteiger partial charge in [-0.15, -0.1) is 0 Å². The third-order valence-corrected chi connectivity index (χ3v) is 5.98. The van der Waals surface area contributed by atoms with Gasteiger partial charge >= 0.3 is 0 Å². The fourth-order valence-electron chi connectivity index (χ4n) is 2.89. The molecule has 1 fully saturated rings. The van der Waals surface area contributed by atoms with Gasteiger partial charge in [0, 0.05) is 5.56 Å². The fourth-order valence-corrected chi connectivity index (χ4v) is 4.00. The number of thioether (sulfide) groups is 1. The molecular weight excluding hydrogens is 461 g/mol. The highest BCUT2D eigenvalue weighted by Crippen LogP contribution is 2.34. The van der Waals surface area contributed by atoms with Crippen LogP contribution in [0.25, 0.3) is 6.08 Å². The summed E-state index contributed by atoms with van der Waals surface area (Å²) in [6.45, 7) is 2.07. The van der Waals surface area contributed by atoms with E-state index in [1.54, 1.807) is 42.5 Å². The van der Waals surface area contributed by atoms with Crippen molar-refractivity contribution in [3.63, 3.8) is 0 Å². The first kappa shape index (κ1) is 23.5. The van der Waals surface area contributed by atoms with Gasteiger partial charge in [0.1, 0.15) is 30.8 Å². The van der Waals surface area contributed by atoms with E-state index in [4.69, 9.17) is 32.7 Å². The summed E-state index contributed by atoms with van der Waals surface area (Å²) in [4.78, 5) is 23.3. The van der Waals surface area contributed by atoms with Crippen LogP contribution in [0.3, 0.4) is 0 Å². The Bertz CT molecular complexity index is 1010. The second kappa shape index (κ2) is 10.9. The molecule has 6 nitrogen and oxygen atoms in total. The van der Waals surface area contributed by atoms with Crippen molar-refractivity contribution in [1.82, 2.24) is 5.32 Å². The van der Waals surface area contributed by atoms with E-state index in [1.807, 2.05) is 6.92 Å². The van der Waals surface area contributed by atoms with Gasteiger partial charge in [0.05, 0.1) is 15.0 Å². The van der Waals surface area contributed by atoms with Crippen LogP contribution in [0.1, 0.15) is 24.5 Å². The minimum Gasteiger partial charge on any atom is -0.491 e. The van der Waals surface area contributed by atoms with E-state index in [0.29, 0.717) is 38.4 Å². The van der Waals surface area contributed by atoms with Crippen LogP contribution in [0.4, 0.5) is 4.79 Å². The molecule has 2 aromatic carbocycles. The van der Waals surface area contributed by atoms with E-state index in [2.05, 4.69) is 5.32 Å². The first-order valence-electron chi connectivity index (χ1n) is 9.62. The number of rotatable bonds is 9. The molecular formula is C22H21Cl2NO5S. The molecule has 2 aromatic rings. The van der Waals surface area contributed by atoms with E-state index in [9.17, 15) is 14.7 Å². The molecule has 0 aliphatic carbocycles. The van der Waals surface area contributed by atoms with Crippen molar-refractivity contribution in [3.8, 4) is 11.5 Å². The van der Waals surface area contributed by atoms with E-state index in [-0.39, 0.29) is 13.2 Å². The van der Waals surface area contributed by atoms with Crippen LogP contribution in [0, 0.1) is 0 Å². The SMILES string of the molecule is CCCc1c(OCC(O)COc2cccc(C=C3SC(=O)NC3=O)c2)ccc(Cl)c1Cl. The molecule has 3 rings (SSSR count). The van der Waals surface area contributed by atoms with E-state index < -0.39 is 17.3 Å². The number of ether oxygens (including phenoxy) is 2. The molecule has 2 amide bonds. The molecule has 0 bridgehead atoms. The van der Waals surface area contributed by atoms with Gasteiger partial charge < -0.3 is 14.6 Å². The minimum atomic E-state index is -0.875. The molecule has 9 heteroatoms.